The Balaban J connectivity index is 2.35. The molecule has 1 aromatic rings. The average molecular weight is 348 g/mol. The molecule has 0 aliphatic carbocycles. The number of methoxy groups -OCH3 is 2. The van der Waals surface area contributed by atoms with Gasteiger partial charge in [-0.15, -0.1) is 0 Å². The molecule has 128 valence electrons. The summed E-state index contributed by atoms with van der Waals surface area (Å²) in [5.74, 6) is 0.400. The van der Waals surface area contributed by atoms with E-state index in [1.165, 1.54) is 19.1 Å². The summed E-state index contributed by atoms with van der Waals surface area (Å²) < 4.78 is 9.98. The maximum Gasteiger partial charge on any atom is 0.331 e. The molecule has 24 heavy (non-hydrogen) atoms. The first kappa shape index (κ1) is 18.1. The Hall–Kier alpha value is -2.28. The summed E-state index contributed by atoms with van der Waals surface area (Å²) in [6.45, 7) is 0.479. The molecule has 0 unspecified atom stereocenters. The Kier molecular flexibility index (Phi) is 6.43. The number of carbonyl (C=O) groups excluding carboxylic acids is 2. The Morgan fingerprint density at radius 3 is 2.75 bits per heavy atom. The second-order valence-corrected chi connectivity index (χ2v) is 5.42. The van der Waals surface area contributed by atoms with Crippen LogP contribution in [0, 0.1) is 0 Å². The highest BCUT2D eigenvalue weighted by Gasteiger charge is 2.26. The zero-order chi connectivity index (χ0) is 17.5. The predicted octanol–water partition coefficient (Wildman–Crippen LogP) is 1.97. The summed E-state index contributed by atoms with van der Waals surface area (Å²) in [5, 5.41) is 0. The van der Waals surface area contributed by atoms with Gasteiger partial charge < -0.3 is 9.47 Å². The normalized spacial score (nSPS) is 16.8. The second-order valence-electron chi connectivity index (χ2n) is 5.06. The number of hydrogen-bond donors (Lipinski definition) is 1. The number of ether oxygens (including phenoxy) is 2. The molecule has 2 rings (SSSR count). The Bertz CT molecular complexity index is 672. The quantitative estimate of drug-likeness (QED) is 0.652. The van der Waals surface area contributed by atoms with E-state index in [0.717, 1.165) is 0 Å². The molecule has 7 heteroatoms. The van der Waals surface area contributed by atoms with E-state index in [4.69, 9.17) is 9.47 Å². The van der Waals surface area contributed by atoms with Crippen molar-refractivity contribution in [3.8, 4) is 5.75 Å². The van der Waals surface area contributed by atoms with Gasteiger partial charge in [-0.2, -0.15) is 12.6 Å². The molecule has 1 amide bonds. The van der Waals surface area contributed by atoms with Crippen LogP contribution in [0.3, 0.4) is 0 Å². The third kappa shape index (κ3) is 3.97. The number of nitrogens with zero attached hydrogens (tertiary/aromatic N) is 2. The maximum absolute atomic E-state index is 12.9. The molecule has 0 spiro atoms. The summed E-state index contributed by atoms with van der Waals surface area (Å²) in [6.07, 6.45) is 4.36. The SMILES string of the molecule is COC(=O)[C@@H](CS)N=C1C=CCCN1C(=O)c1ccccc1OC. The number of amidine groups is 1. The first-order valence-corrected chi connectivity index (χ1v) is 8.13. The van der Waals surface area contributed by atoms with Crippen molar-refractivity contribution in [1.29, 1.82) is 0 Å². The molecule has 6 nitrogen and oxygen atoms in total. The summed E-state index contributed by atoms with van der Waals surface area (Å²) in [7, 11) is 2.82. The van der Waals surface area contributed by atoms with Gasteiger partial charge in [0.2, 0.25) is 0 Å². The van der Waals surface area contributed by atoms with E-state index < -0.39 is 12.0 Å². The first-order chi connectivity index (χ1) is 11.6. The van der Waals surface area contributed by atoms with Gasteiger partial charge in [-0.3, -0.25) is 14.7 Å². The van der Waals surface area contributed by atoms with Gasteiger partial charge in [-0.25, -0.2) is 4.79 Å². The van der Waals surface area contributed by atoms with Gasteiger partial charge >= 0.3 is 5.97 Å². The van der Waals surface area contributed by atoms with Crippen molar-refractivity contribution in [1.82, 2.24) is 4.90 Å². The van der Waals surface area contributed by atoms with Gasteiger partial charge in [0.25, 0.3) is 5.91 Å². The zero-order valence-corrected chi connectivity index (χ0v) is 14.5. The number of carbonyl (C=O) groups is 2. The van der Waals surface area contributed by atoms with Crippen LogP contribution in [0.5, 0.6) is 5.75 Å². The fourth-order valence-corrected chi connectivity index (χ4v) is 2.58. The Labute approximate surface area is 146 Å². The van der Waals surface area contributed by atoms with Gasteiger partial charge in [0.05, 0.1) is 19.8 Å². The Morgan fingerprint density at radius 1 is 1.33 bits per heavy atom. The molecule has 1 aromatic carbocycles. The molecule has 0 fully saturated rings. The summed E-state index contributed by atoms with van der Waals surface area (Å²) in [5.41, 5.74) is 0.448. The van der Waals surface area contributed by atoms with Crippen LogP contribution in [0.2, 0.25) is 0 Å². The van der Waals surface area contributed by atoms with Crippen LogP contribution in [0.15, 0.2) is 41.4 Å². The number of benzene rings is 1. The lowest BCUT2D eigenvalue weighted by atomic mass is 10.1. The lowest BCUT2D eigenvalue weighted by Gasteiger charge is -2.26. The molecular formula is C17H20N2O4S. The number of thiol groups is 1. The molecule has 0 N–H and O–H groups in total. The van der Waals surface area contributed by atoms with E-state index >= 15 is 0 Å². The van der Waals surface area contributed by atoms with Crippen molar-refractivity contribution in [2.45, 2.75) is 12.5 Å². The summed E-state index contributed by atoms with van der Waals surface area (Å²) >= 11 is 4.14. The van der Waals surface area contributed by atoms with Crippen molar-refractivity contribution >= 4 is 30.3 Å². The molecule has 1 atom stereocenters. The zero-order valence-electron chi connectivity index (χ0n) is 13.6. The maximum atomic E-state index is 12.9. The fourth-order valence-electron chi connectivity index (χ4n) is 2.35. The highest BCUT2D eigenvalue weighted by Crippen LogP contribution is 2.21. The number of rotatable bonds is 5. The molecule has 1 aliphatic heterocycles. The molecule has 1 aliphatic rings. The van der Waals surface area contributed by atoms with E-state index in [9.17, 15) is 9.59 Å². The van der Waals surface area contributed by atoms with Crippen molar-refractivity contribution in [2.24, 2.45) is 4.99 Å². The molecule has 0 saturated heterocycles. The van der Waals surface area contributed by atoms with Gasteiger partial charge in [0.1, 0.15) is 11.6 Å². The van der Waals surface area contributed by atoms with Gasteiger partial charge in [0.15, 0.2) is 6.04 Å². The monoisotopic (exact) mass is 348 g/mol. The van der Waals surface area contributed by atoms with Crippen LogP contribution in [0.1, 0.15) is 16.8 Å². The average Bonchev–Trinajstić information content (AvgIpc) is 2.65. The number of para-hydroxylation sites is 1. The van der Waals surface area contributed by atoms with Crippen molar-refractivity contribution in [3.63, 3.8) is 0 Å². The molecular weight excluding hydrogens is 328 g/mol. The third-order valence-corrected chi connectivity index (χ3v) is 3.93. The lowest BCUT2D eigenvalue weighted by molar-refractivity contribution is -0.141. The number of hydrogen-bond acceptors (Lipinski definition) is 6. The molecule has 0 aromatic heterocycles. The van der Waals surface area contributed by atoms with Crippen LogP contribution in [0.25, 0.3) is 0 Å². The van der Waals surface area contributed by atoms with E-state index in [2.05, 4.69) is 17.6 Å². The largest absolute Gasteiger partial charge is 0.496 e. The molecule has 0 bridgehead atoms. The third-order valence-electron chi connectivity index (χ3n) is 3.58. The predicted molar refractivity (Wildman–Crippen MR) is 94.9 cm³/mol. The molecule has 0 saturated carbocycles. The van der Waals surface area contributed by atoms with Gasteiger partial charge in [0, 0.05) is 12.3 Å². The lowest BCUT2D eigenvalue weighted by Crippen LogP contribution is -2.40. The number of amides is 1. The molecule has 1 heterocycles. The highest BCUT2D eigenvalue weighted by atomic mass is 32.1. The highest BCUT2D eigenvalue weighted by molar-refractivity contribution is 7.80. The topological polar surface area (TPSA) is 68.2 Å². The van der Waals surface area contributed by atoms with Crippen molar-refractivity contribution in [3.05, 3.63) is 42.0 Å². The van der Waals surface area contributed by atoms with Crippen molar-refractivity contribution in [2.75, 3.05) is 26.5 Å². The standard InChI is InChI=1S/C17H20N2O4S/c1-22-14-8-4-3-7-12(14)16(20)19-10-6-5-9-15(19)18-13(11-24)17(21)23-2/h3-5,7-9,13,24H,6,10-11H2,1-2H3/t13-/m1/s1. The second kappa shape index (κ2) is 8.54. The van der Waals surface area contributed by atoms with Crippen LogP contribution in [0.4, 0.5) is 0 Å². The smallest absolute Gasteiger partial charge is 0.331 e. The van der Waals surface area contributed by atoms with Crippen LogP contribution in [-0.2, 0) is 9.53 Å². The minimum Gasteiger partial charge on any atom is -0.496 e. The summed E-state index contributed by atoms with van der Waals surface area (Å²) in [6, 6.07) is 6.25. The van der Waals surface area contributed by atoms with Crippen LogP contribution < -0.4 is 4.74 Å². The van der Waals surface area contributed by atoms with Crippen LogP contribution in [-0.4, -0.2) is 55.2 Å². The van der Waals surface area contributed by atoms with E-state index in [-0.39, 0.29) is 11.7 Å². The van der Waals surface area contributed by atoms with E-state index in [1.54, 1.807) is 30.3 Å². The Morgan fingerprint density at radius 2 is 2.08 bits per heavy atom. The fraction of sp³-hybridized carbons (Fsp3) is 0.353. The first-order valence-electron chi connectivity index (χ1n) is 7.50. The molecule has 0 radical (unpaired) electrons. The minimum atomic E-state index is -0.760. The van der Waals surface area contributed by atoms with E-state index in [1.807, 2.05) is 6.08 Å². The summed E-state index contributed by atoms with van der Waals surface area (Å²) in [4.78, 5) is 30.5. The van der Waals surface area contributed by atoms with Crippen LogP contribution >= 0.6 is 12.6 Å². The number of esters is 1. The van der Waals surface area contributed by atoms with Gasteiger partial charge in [-0.05, 0) is 24.6 Å². The van der Waals surface area contributed by atoms with Gasteiger partial charge in [-0.1, -0.05) is 18.2 Å². The van der Waals surface area contributed by atoms with E-state index in [0.29, 0.717) is 30.1 Å². The minimum absolute atomic E-state index is 0.195. The van der Waals surface area contributed by atoms with Crippen molar-refractivity contribution < 1.29 is 19.1 Å². The number of aliphatic imine (C=N–C) groups is 1.